The number of hydrogen-bond donors (Lipinski definition) is 1. The van der Waals surface area contributed by atoms with Gasteiger partial charge in [0.15, 0.2) is 12.4 Å². The van der Waals surface area contributed by atoms with Gasteiger partial charge in [-0.05, 0) is 64.5 Å². The molecular weight excluding hydrogens is 616 g/mol. The normalized spacial score (nSPS) is 11.5. The highest BCUT2D eigenvalue weighted by Crippen LogP contribution is 2.32. The minimum Gasteiger partial charge on any atom is -0.482 e. The number of aromatic nitrogens is 2. The molecule has 0 unspecified atom stereocenters. The predicted octanol–water partition coefficient (Wildman–Crippen LogP) is 5.73. The van der Waals surface area contributed by atoms with Crippen molar-refractivity contribution in [1.82, 2.24) is 9.66 Å². The Labute approximate surface area is 225 Å². The molecule has 11 heteroatoms. The summed E-state index contributed by atoms with van der Waals surface area (Å²) in [5.41, 5.74) is 6.38. The number of halogens is 3. The van der Waals surface area contributed by atoms with Crippen LogP contribution in [0.1, 0.15) is 5.56 Å². The van der Waals surface area contributed by atoms with Gasteiger partial charge in [0.05, 0.1) is 21.6 Å². The van der Waals surface area contributed by atoms with Crippen LogP contribution in [-0.2, 0) is 4.79 Å². The molecule has 0 saturated carbocycles. The molecule has 0 aliphatic heterocycles. The van der Waals surface area contributed by atoms with E-state index in [-0.39, 0.29) is 12.4 Å². The lowest BCUT2D eigenvalue weighted by Crippen LogP contribution is -2.21. The topological polar surface area (TPSA) is 113 Å². The summed E-state index contributed by atoms with van der Waals surface area (Å²) in [5, 5.41) is 6.04. The van der Waals surface area contributed by atoms with Gasteiger partial charge in [0.2, 0.25) is 5.82 Å². The molecule has 1 amide bonds. The zero-order chi connectivity index (χ0) is 25.4. The molecule has 36 heavy (non-hydrogen) atoms. The number of benzene rings is 3. The largest absolute Gasteiger partial charge is 0.482 e. The predicted molar refractivity (Wildman–Crippen MR) is 146 cm³/mol. The molecule has 3 aromatic carbocycles. The number of ether oxygens (including phenoxy) is 1. The average molecular weight is 631 g/mol. The molecule has 0 aliphatic carbocycles. The highest BCUT2D eigenvalue weighted by Gasteiger charge is 2.17. The van der Waals surface area contributed by atoms with E-state index in [1.54, 1.807) is 42.5 Å². The molecule has 5 aromatic rings. The molecule has 5 rings (SSSR count). The van der Waals surface area contributed by atoms with E-state index >= 15 is 0 Å². The van der Waals surface area contributed by atoms with E-state index in [2.05, 4.69) is 41.9 Å². The number of hydrogen-bond acceptors (Lipinski definition) is 6. The van der Waals surface area contributed by atoms with E-state index in [1.165, 1.54) is 6.21 Å². The summed E-state index contributed by atoms with van der Waals surface area (Å²) in [4.78, 5) is 29.4. The van der Waals surface area contributed by atoms with Crippen LogP contribution in [0.25, 0.3) is 33.5 Å². The first-order chi connectivity index (χ1) is 17.3. The lowest BCUT2D eigenvalue weighted by Gasteiger charge is -2.11. The minimum atomic E-state index is -0.645. The van der Waals surface area contributed by atoms with Gasteiger partial charge in [-0.3, -0.25) is 9.59 Å². The summed E-state index contributed by atoms with van der Waals surface area (Å²) in [5.74, 6) is 0.218. The monoisotopic (exact) mass is 628 g/mol. The van der Waals surface area contributed by atoms with E-state index < -0.39 is 11.5 Å². The van der Waals surface area contributed by atoms with Crippen LogP contribution in [0.15, 0.2) is 83.9 Å². The number of fused-ring (bicyclic) bond motifs is 2. The highest BCUT2D eigenvalue weighted by molar-refractivity contribution is 9.10. The number of para-hydroxylation sites is 1. The van der Waals surface area contributed by atoms with Gasteiger partial charge < -0.3 is 14.9 Å². The number of rotatable bonds is 6. The molecule has 180 valence electrons. The van der Waals surface area contributed by atoms with Crippen LogP contribution in [0.2, 0.25) is 5.02 Å². The Hall–Kier alpha value is -3.47. The highest BCUT2D eigenvalue weighted by atomic mass is 79.9. The zero-order valence-electron chi connectivity index (χ0n) is 18.2. The fraction of sp³-hybridized carbons (Fsp3) is 0.0400. The molecule has 8 nitrogen and oxygen atoms in total. The van der Waals surface area contributed by atoms with Gasteiger partial charge in [-0.25, -0.2) is 4.98 Å². The second-order valence-electron chi connectivity index (χ2n) is 7.67. The van der Waals surface area contributed by atoms with E-state index in [4.69, 9.17) is 26.5 Å². The maximum atomic E-state index is 13.5. The smallest absolute Gasteiger partial charge is 0.282 e. The van der Waals surface area contributed by atoms with Crippen molar-refractivity contribution >= 4 is 77.5 Å². The van der Waals surface area contributed by atoms with E-state index in [0.717, 1.165) is 14.5 Å². The minimum absolute atomic E-state index is 0.211. The quantitative estimate of drug-likeness (QED) is 0.241. The second kappa shape index (κ2) is 9.88. The van der Waals surface area contributed by atoms with Gasteiger partial charge in [-0.1, -0.05) is 39.7 Å². The lowest BCUT2D eigenvalue weighted by atomic mass is 10.2. The number of amides is 1. The number of nitrogens with zero attached hydrogens (tertiary/aromatic N) is 3. The standard InChI is InChI=1S/C25H15Br2ClN4O4/c26-15-5-6-20-13(7-15)9-21(36-20)24-31-19-4-2-1-3-17(19)25(34)32(24)30-11-14-8-16(28)10-18(27)23(14)35-12-22(29)33/h1-11H,12H2,(H2,29,33). The van der Waals surface area contributed by atoms with Crippen molar-refractivity contribution in [1.29, 1.82) is 0 Å². The van der Waals surface area contributed by atoms with Crippen LogP contribution >= 0.6 is 43.5 Å². The Bertz CT molecular complexity index is 1750. The zero-order valence-corrected chi connectivity index (χ0v) is 22.2. The van der Waals surface area contributed by atoms with Crippen molar-refractivity contribution in [3.8, 4) is 17.3 Å². The number of carbonyl (C=O) groups is 1. The molecule has 2 heterocycles. The number of primary amides is 1. The van der Waals surface area contributed by atoms with Crippen LogP contribution in [0.5, 0.6) is 5.75 Å². The summed E-state index contributed by atoms with van der Waals surface area (Å²) < 4.78 is 14.1. The first kappa shape index (κ1) is 24.2. The number of carbonyl (C=O) groups excluding carboxylic acids is 1. The SMILES string of the molecule is NC(=O)COc1c(Br)cc(Cl)cc1C=Nn1c(-c2cc3cc(Br)ccc3o2)nc2ccccc2c1=O. The first-order valence-corrected chi connectivity index (χ1v) is 12.4. The third kappa shape index (κ3) is 4.79. The maximum Gasteiger partial charge on any atom is 0.282 e. The molecule has 0 atom stereocenters. The lowest BCUT2D eigenvalue weighted by molar-refractivity contribution is -0.119. The van der Waals surface area contributed by atoms with Crippen LogP contribution in [0, 0.1) is 0 Å². The molecule has 0 bridgehead atoms. The average Bonchev–Trinajstić information content (AvgIpc) is 3.25. The van der Waals surface area contributed by atoms with Crippen LogP contribution < -0.4 is 16.0 Å². The van der Waals surface area contributed by atoms with Gasteiger partial charge in [0, 0.05) is 20.4 Å². The third-order valence-corrected chi connectivity index (χ3v) is 6.46. The molecule has 0 aliphatic rings. The maximum absolute atomic E-state index is 13.5. The molecule has 2 aromatic heterocycles. The van der Waals surface area contributed by atoms with E-state index in [0.29, 0.717) is 43.1 Å². The third-order valence-electron chi connectivity index (χ3n) is 5.16. The van der Waals surface area contributed by atoms with Crippen molar-refractivity contribution in [2.45, 2.75) is 0 Å². The van der Waals surface area contributed by atoms with Crippen molar-refractivity contribution in [2.24, 2.45) is 10.8 Å². The van der Waals surface area contributed by atoms with Gasteiger partial charge in [-0.2, -0.15) is 9.78 Å². The Morgan fingerprint density at radius 1 is 1.17 bits per heavy atom. The summed E-state index contributed by atoms with van der Waals surface area (Å²) in [6.45, 7) is -0.349. The van der Waals surface area contributed by atoms with E-state index in [1.807, 2.05) is 18.2 Å². The van der Waals surface area contributed by atoms with Crippen molar-refractivity contribution in [3.63, 3.8) is 0 Å². The van der Waals surface area contributed by atoms with Gasteiger partial charge in [0.25, 0.3) is 11.5 Å². The number of furan rings is 1. The summed E-state index contributed by atoms with van der Waals surface area (Å²) >= 11 is 13.1. The van der Waals surface area contributed by atoms with E-state index in [9.17, 15) is 9.59 Å². The molecule has 0 radical (unpaired) electrons. The Kier molecular flexibility index (Phi) is 6.65. The van der Waals surface area contributed by atoms with Crippen LogP contribution in [0.4, 0.5) is 0 Å². The van der Waals surface area contributed by atoms with Crippen LogP contribution in [-0.4, -0.2) is 28.4 Å². The first-order valence-electron chi connectivity index (χ1n) is 10.5. The molecule has 0 fully saturated rings. The van der Waals surface area contributed by atoms with Crippen LogP contribution in [0.3, 0.4) is 0 Å². The Balaban J connectivity index is 1.70. The van der Waals surface area contributed by atoms with Gasteiger partial charge in [0.1, 0.15) is 11.3 Å². The second-order valence-corrected chi connectivity index (χ2v) is 9.87. The molecule has 0 saturated heterocycles. The Morgan fingerprint density at radius 2 is 1.97 bits per heavy atom. The molecule has 2 N–H and O–H groups in total. The van der Waals surface area contributed by atoms with Crippen molar-refractivity contribution in [2.75, 3.05) is 6.61 Å². The molecular formula is C25H15Br2ClN4O4. The fourth-order valence-corrected chi connectivity index (χ4v) is 4.93. The van der Waals surface area contributed by atoms with Gasteiger partial charge >= 0.3 is 0 Å². The summed E-state index contributed by atoms with van der Waals surface area (Å²) in [6.07, 6.45) is 1.40. The van der Waals surface area contributed by atoms with Crippen molar-refractivity contribution in [3.05, 3.63) is 90.5 Å². The van der Waals surface area contributed by atoms with Crippen molar-refractivity contribution < 1.29 is 13.9 Å². The van der Waals surface area contributed by atoms with Gasteiger partial charge in [-0.15, -0.1) is 0 Å². The number of nitrogens with two attached hydrogens (primary N) is 1. The Morgan fingerprint density at radius 3 is 2.78 bits per heavy atom. The molecule has 0 spiro atoms. The summed E-state index contributed by atoms with van der Waals surface area (Å²) in [6, 6.07) is 17.5. The fourth-order valence-electron chi connectivity index (χ4n) is 3.61. The summed E-state index contributed by atoms with van der Waals surface area (Å²) in [7, 11) is 0.